The van der Waals surface area contributed by atoms with Crippen molar-refractivity contribution in [1.82, 2.24) is 9.38 Å². The fourth-order valence-electron chi connectivity index (χ4n) is 2.12. The Labute approximate surface area is 126 Å². The molecule has 0 spiro atoms. The Morgan fingerprint density at radius 2 is 2.14 bits per heavy atom. The summed E-state index contributed by atoms with van der Waals surface area (Å²) in [5.41, 5.74) is 2.36. The smallest absolute Gasteiger partial charge is 0.374 e. The number of hydrogen-bond donors (Lipinski definition) is 0. The maximum atomic E-state index is 12.0. The fraction of sp³-hybridized carbons (Fsp3) is 0.188. The molecule has 22 heavy (non-hydrogen) atoms. The zero-order chi connectivity index (χ0) is 15.7. The average molecular weight is 298 g/mol. The molecule has 3 heterocycles. The maximum absolute atomic E-state index is 12.0. The molecule has 0 aliphatic heterocycles. The van der Waals surface area contributed by atoms with Gasteiger partial charge in [0, 0.05) is 17.8 Å². The van der Waals surface area contributed by atoms with Gasteiger partial charge < -0.3 is 9.15 Å². The molecule has 0 saturated carbocycles. The molecule has 0 saturated heterocycles. The van der Waals surface area contributed by atoms with Crippen LogP contribution in [0.25, 0.3) is 5.65 Å². The minimum absolute atomic E-state index is 0.0847. The van der Waals surface area contributed by atoms with Crippen LogP contribution in [-0.2, 0) is 11.3 Å². The second kappa shape index (κ2) is 5.48. The molecule has 3 rings (SSSR count). The number of nitrogens with zero attached hydrogens (tertiary/aromatic N) is 2. The van der Waals surface area contributed by atoms with Gasteiger partial charge >= 0.3 is 5.97 Å². The van der Waals surface area contributed by atoms with Gasteiger partial charge in [-0.15, -0.1) is 0 Å². The van der Waals surface area contributed by atoms with Crippen LogP contribution < -0.4 is 5.56 Å². The Hall–Kier alpha value is -2.89. The molecule has 0 unspecified atom stereocenters. The number of furan rings is 1. The van der Waals surface area contributed by atoms with Crippen LogP contribution in [0, 0.1) is 13.8 Å². The molecule has 3 aromatic heterocycles. The summed E-state index contributed by atoms with van der Waals surface area (Å²) in [6.07, 6.45) is 3.14. The average Bonchev–Trinajstić information content (AvgIpc) is 2.92. The highest BCUT2D eigenvalue weighted by atomic mass is 16.5. The lowest BCUT2D eigenvalue weighted by molar-refractivity contribution is 0.0430. The van der Waals surface area contributed by atoms with Crippen LogP contribution in [0.5, 0.6) is 0 Å². The largest absolute Gasteiger partial charge is 0.457 e. The minimum Gasteiger partial charge on any atom is -0.457 e. The van der Waals surface area contributed by atoms with Crippen molar-refractivity contribution in [2.45, 2.75) is 20.5 Å². The molecule has 0 atom stereocenters. The van der Waals surface area contributed by atoms with Crippen LogP contribution in [0.3, 0.4) is 0 Å². The van der Waals surface area contributed by atoms with Crippen molar-refractivity contribution in [1.29, 1.82) is 0 Å². The third kappa shape index (κ3) is 2.63. The topological polar surface area (TPSA) is 73.8 Å². The van der Waals surface area contributed by atoms with E-state index in [0.717, 1.165) is 5.56 Å². The first-order chi connectivity index (χ1) is 10.5. The molecule has 112 valence electrons. The molecule has 0 aromatic carbocycles. The summed E-state index contributed by atoms with van der Waals surface area (Å²) in [5.74, 6) is -0.415. The fourth-order valence-corrected chi connectivity index (χ4v) is 2.12. The van der Waals surface area contributed by atoms with Crippen LogP contribution >= 0.6 is 0 Å². The summed E-state index contributed by atoms with van der Waals surface area (Å²) in [4.78, 5) is 28.2. The first-order valence-corrected chi connectivity index (χ1v) is 6.75. The second-order valence-electron chi connectivity index (χ2n) is 5.03. The summed E-state index contributed by atoms with van der Waals surface area (Å²) in [5, 5.41) is 0. The normalized spacial score (nSPS) is 10.8. The van der Waals surface area contributed by atoms with Crippen LogP contribution in [0.2, 0.25) is 0 Å². The van der Waals surface area contributed by atoms with Crippen LogP contribution in [0.15, 0.2) is 45.9 Å². The summed E-state index contributed by atoms with van der Waals surface area (Å²) in [7, 11) is 0. The van der Waals surface area contributed by atoms with Gasteiger partial charge in [-0.3, -0.25) is 9.20 Å². The molecular formula is C16H14N2O4. The van der Waals surface area contributed by atoms with Gasteiger partial charge in [-0.2, -0.15) is 0 Å². The Morgan fingerprint density at radius 1 is 1.32 bits per heavy atom. The van der Waals surface area contributed by atoms with Crippen LogP contribution in [-0.4, -0.2) is 15.4 Å². The second-order valence-corrected chi connectivity index (χ2v) is 5.03. The molecule has 0 N–H and O–H groups in total. The minimum atomic E-state index is -0.576. The van der Waals surface area contributed by atoms with E-state index in [1.807, 2.05) is 13.0 Å². The number of ether oxygens (including phenoxy) is 1. The van der Waals surface area contributed by atoms with Gasteiger partial charge in [-0.25, -0.2) is 9.78 Å². The maximum Gasteiger partial charge on any atom is 0.374 e. The molecule has 0 aliphatic rings. The van der Waals surface area contributed by atoms with Gasteiger partial charge in [0.1, 0.15) is 12.3 Å². The summed E-state index contributed by atoms with van der Waals surface area (Å²) in [6.45, 7) is 3.56. The van der Waals surface area contributed by atoms with E-state index in [4.69, 9.17) is 9.15 Å². The van der Waals surface area contributed by atoms with Crippen LogP contribution in [0.1, 0.15) is 27.4 Å². The lowest BCUT2D eigenvalue weighted by Gasteiger charge is -2.06. The molecule has 0 amide bonds. The predicted molar refractivity (Wildman–Crippen MR) is 78.8 cm³/mol. The number of pyridine rings is 1. The lowest BCUT2D eigenvalue weighted by Crippen LogP contribution is -2.17. The van der Waals surface area contributed by atoms with Gasteiger partial charge in [0.15, 0.2) is 0 Å². The van der Waals surface area contributed by atoms with Crippen molar-refractivity contribution < 1.29 is 13.9 Å². The number of carbonyl (C=O) groups is 1. The van der Waals surface area contributed by atoms with Gasteiger partial charge in [0.2, 0.25) is 5.76 Å². The zero-order valence-corrected chi connectivity index (χ0v) is 12.2. The molecule has 0 bridgehead atoms. The molecular weight excluding hydrogens is 284 g/mol. The van der Waals surface area contributed by atoms with Gasteiger partial charge in [-0.05, 0) is 31.5 Å². The Balaban J connectivity index is 1.83. The Bertz CT molecular complexity index is 908. The summed E-state index contributed by atoms with van der Waals surface area (Å²) >= 11 is 0. The monoisotopic (exact) mass is 298 g/mol. The first-order valence-electron chi connectivity index (χ1n) is 6.75. The zero-order valence-electron chi connectivity index (χ0n) is 12.2. The quantitative estimate of drug-likeness (QED) is 0.693. The van der Waals surface area contributed by atoms with Crippen molar-refractivity contribution in [3.63, 3.8) is 0 Å². The molecule has 0 fully saturated rings. The van der Waals surface area contributed by atoms with Gasteiger partial charge in [0.25, 0.3) is 5.56 Å². The standard InChI is InChI=1S/C16H14N2O4/c1-10-3-4-13-17-12(7-14(19)18(13)8-10)9-22-16(20)15-11(2)5-6-21-15/h3-8H,9H2,1-2H3. The lowest BCUT2D eigenvalue weighted by atomic mass is 10.3. The SMILES string of the molecule is Cc1ccc2nc(COC(=O)c3occc3C)cc(=O)n2c1. The van der Waals surface area contributed by atoms with Crippen molar-refractivity contribution in [3.8, 4) is 0 Å². The number of carbonyl (C=O) groups excluding carboxylic acids is 1. The Kier molecular flexibility index (Phi) is 3.50. The van der Waals surface area contributed by atoms with E-state index in [1.54, 1.807) is 25.3 Å². The number of aryl methyl sites for hydroxylation is 2. The van der Waals surface area contributed by atoms with E-state index in [-0.39, 0.29) is 17.9 Å². The predicted octanol–water partition coefficient (Wildman–Crippen LogP) is 2.26. The van der Waals surface area contributed by atoms with Crippen molar-refractivity contribution in [2.24, 2.45) is 0 Å². The molecule has 6 heteroatoms. The van der Waals surface area contributed by atoms with Crippen molar-refractivity contribution in [3.05, 3.63) is 69.7 Å². The highest BCUT2D eigenvalue weighted by Gasteiger charge is 2.15. The molecule has 0 radical (unpaired) electrons. The third-order valence-electron chi connectivity index (χ3n) is 3.26. The van der Waals surface area contributed by atoms with Gasteiger partial charge in [0.05, 0.1) is 12.0 Å². The van der Waals surface area contributed by atoms with Gasteiger partial charge in [-0.1, -0.05) is 6.07 Å². The van der Waals surface area contributed by atoms with E-state index in [0.29, 0.717) is 16.9 Å². The van der Waals surface area contributed by atoms with E-state index in [9.17, 15) is 9.59 Å². The Morgan fingerprint density at radius 3 is 2.86 bits per heavy atom. The third-order valence-corrected chi connectivity index (χ3v) is 3.26. The molecule has 3 aromatic rings. The van der Waals surface area contributed by atoms with Crippen molar-refractivity contribution >= 4 is 11.6 Å². The van der Waals surface area contributed by atoms with E-state index in [1.165, 1.54) is 16.7 Å². The summed E-state index contributed by atoms with van der Waals surface area (Å²) in [6, 6.07) is 6.65. The van der Waals surface area contributed by atoms with Crippen molar-refractivity contribution in [2.75, 3.05) is 0 Å². The highest BCUT2D eigenvalue weighted by Crippen LogP contribution is 2.11. The number of aromatic nitrogens is 2. The summed E-state index contributed by atoms with van der Waals surface area (Å²) < 4.78 is 11.7. The highest BCUT2D eigenvalue weighted by molar-refractivity contribution is 5.87. The number of fused-ring (bicyclic) bond motifs is 1. The van der Waals surface area contributed by atoms with Crippen LogP contribution in [0.4, 0.5) is 0 Å². The number of esters is 1. The molecule has 0 aliphatic carbocycles. The van der Waals surface area contributed by atoms with E-state index in [2.05, 4.69) is 4.98 Å². The first kappa shape index (κ1) is 14.1. The number of hydrogen-bond acceptors (Lipinski definition) is 5. The van der Waals surface area contributed by atoms with E-state index >= 15 is 0 Å². The number of rotatable bonds is 3. The van der Waals surface area contributed by atoms with E-state index < -0.39 is 5.97 Å². The molecule has 6 nitrogen and oxygen atoms in total.